The van der Waals surface area contributed by atoms with Crippen LogP contribution < -0.4 is 5.32 Å². The van der Waals surface area contributed by atoms with Crippen LogP contribution in [0.2, 0.25) is 0 Å². The average Bonchev–Trinajstić information content (AvgIpc) is 2.67. The van der Waals surface area contributed by atoms with Crippen LogP contribution in [0.15, 0.2) is 0 Å². The minimum absolute atomic E-state index is 0.0712. The summed E-state index contributed by atoms with van der Waals surface area (Å²) in [6.07, 6.45) is 5.37. The number of amides is 1. The molecule has 0 aromatic carbocycles. The molecule has 1 amide bonds. The molecule has 0 aliphatic carbocycles. The Morgan fingerprint density at radius 1 is 1.19 bits per heavy atom. The number of sulfone groups is 1. The summed E-state index contributed by atoms with van der Waals surface area (Å²) in [5, 5.41) is 2.74. The molecule has 0 radical (unpaired) electrons. The highest BCUT2D eigenvalue weighted by Crippen LogP contribution is 2.23. The van der Waals surface area contributed by atoms with Crippen molar-refractivity contribution in [2.45, 2.75) is 56.7 Å². The first-order valence-electron chi connectivity index (χ1n) is 8.13. The summed E-state index contributed by atoms with van der Waals surface area (Å²) in [6.45, 7) is 3.16. The van der Waals surface area contributed by atoms with Crippen molar-refractivity contribution in [1.29, 1.82) is 0 Å². The molecule has 0 bridgehead atoms. The first-order chi connectivity index (χ1) is 9.95. The second-order valence-electron chi connectivity index (χ2n) is 6.51. The molecule has 3 atom stereocenters. The van der Waals surface area contributed by atoms with Gasteiger partial charge in [0, 0.05) is 13.1 Å². The summed E-state index contributed by atoms with van der Waals surface area (Å²) in [6, 6.07) is -0.180. The van der Waals surface area contributed by atoms with E-state index in [1.165, 1.54) is 0 Å². The molecule has 2 aliphatic heterocycles. The summed E-state index contributed by atoms with van der Waals surface area (Å²) >= 11 is 0. The fourth-order valence-electron chi connectivity index (χ4n) is 3.56. The molecule has 0 saturated carbocycles. The van der Waals surface area contributed by atoms with Gasteiger partial charge in [0.15, 0.2) is 9.84 Å². The summed E-state index contributed by atoms with van der Waals surface area (Å²) in [7, 11) is -1.24. The Labute approximate surface area is 128 Å². The van der Waals surface area contributed by atoms with Gasteiger partial charge in [-0.25, -0.2) is 8.42 Å². The lowest BCUT2D eigenvalue weighted by Gasteiger charge is -2.29. The molecule has 3 unspecified atom stereocenters. The van der Waals surface area contributed by atoms with Gasteiger partial charge in [0.25, 0.3) is 0 Å². The normalized spacial score (nSPS) is 34.3. The largest absolute Gasteiger partial charge is 0.340 e. The molecule has 2 heterocycles. The fourth-order valence-corrected chi connectivity index (χ4v) is 5.43. The van der Waals surface area contributed by atoms with Gasteiger partial charge in [0.05, 0.1) is 17.0 Å². The van der Waals surface area contributed by atoms with Crippen molar-refractivity contribution in [3.05, 3.63) is 0 Å². The van der Waals surface area contributed by atoms with Crippen molar-refractivity contribution in [2.24, 2.45) is 5.92 Å². The van der Waals surface area contributed by atoms with Crippen molar-refractivity contribution < 1.29 is 13.2 Å². The maximum atomic E-state index is 12.6. The summed E-state index contributed by atoms with van der Waals surface area (Å²) < 4.78 is 24.7. The van der Waals surface area contributed by atoms with Crippen LogP contribution in [-0.2, 0) is 14.6 Å². The zero-order chi connectivity index (χ0) is 15.5. The van der Waals surface area contributed by atoms with E-state index in [2.05, 4.69) is 12.2 Å². The monoisotopic (exact) mass is 316 g/mol. The third-order valence-corrected chi connectivity index (χ3v) is 7.19. The highest BCUT2D eigenvalue weighted by molar-refractivity contribution is 7.92. The number of hydrogen-bond acceptors (Lipinski definition) is 4. The van der Waals surface area contributed by atoms with Crippen molar-refractivity contribution in [3.8, 4) is 0 Å². The van der Waals surface area contributed by atoms with E-state index in [9.17, 15) is 13.2 Å². The van der Waals surface area contributed by atoms with Crippen LogP contribution >= 0.6 is 0 Å². The quantitative estimate of drug-likeness (QED) is 0.849. The molecule has 21 heavy (non-hydrogen) atoms. The highest BCUT2D eigenvalue weighted by atomic mass is 32.2. The Bertz CT molecular complexity index is 464. The van der Waals surface area contributed by atoms with Crippen LogP contribution in [0.1, 0.15) is 45.4 Å². The summed E-state index contributed by atoms with van der Waals surface area (Å²) in [5.74, 6) is 0.658. The van der Waals surface area contributed by atoms with Gasteiger partial charge in [-0.3, -0.25) is 4.79 Å². The van der Waals surface area contributed by atoms with Gasteiger partial charge in [-0.2, -0.15) is 0 Å². The molecule has 2 aliphatic rings. The molecule has 122 valence electrons. The van der Waals surface area contributed by atoms with Crippen molar-refractivity contribution in [3.63, 3.8) is 0 Å². The molecule has 6 heteroatoms. The topological polar surface area (TPSA) is 66.5 Å². The van der Waals surface area contributed by atoms with Gasteiger partial charge in [0.1, 0.15) is 0 Å². The van der Waals surface area contributed by atoms with Crippen LogP contribution in [0, 0.1) is 5.92 Å². The number of nitrogens with one attached hydrogen (secondary N) is 1. The lowest BCUT2D eigenvalue weighted by molar-refractivity contribution is -0.133. The van der Waals surface area contributed by atoms with Gasteiger partial charge in [-0.1, -0.05) is 19.8 Å². The summed E-state index contributed by atoms with van der Waals surface area (Å²) in [4.78, 5) is 14.4. The predicted octanol–water partition coefficient (Wildman–Crippen LogP) is 1.19. The molecule has 0 spiro atoms. The van der Waals surface area contributed by atoms with E-state index < -0.39 is 9.84 Å². The SMILES string of the molecule is CNC1C(=O)N(CC2CCCCCS2(=O)=O)CCCC1C. The van der Waals surface area contributed by atoms with Gasteiger partial charge >= 0.3 is 0 Å². The molecular formula is C15H28N2O3S. The smallest absolute Gasteiger partial charge is 0.240 e. The summed E-state index contributed by atoms with van der Waals surface area (Å²) in [5.41, 5.74) is 0. The van der Waals surface area contributed by atoms with Crippen molar-refractivity contribution in [1.82, 2.24) is 10.2 Å². The first-order valence-corrected chi connectivity index (χ1v) is 9.85. The Balaban J connectivity index is 2.11. The number of likely N-dealkylation sites (tertiary alicyclic amines) is 1. The van der Waals surface area contributed by atoms with Crippen LogP contribution in [0.25, 0.3) is 0 Å². The number of likely N-dealkylation sites (N-methyl/N-ethyl adjacent to an activating group) is 1. The molecule has 2 fully saturated rings. The number of carbonyl (C=O) groups excluding carboxylic acids is 1. The fraction of sp³-hybridized carbons (Fsp3) is 0.933. The van der Waals surface area contributed by atoms with Crippen LogP contribution in [0.5, 0.6) is 0 Å². The lowest BCUT2D eigenvalue weighted by Crippen LogP contribution is -2.49. The van der Waals surface area contributed by atoms with Crippen LogP contribution in [0.3, 0.4) is 0 Å². The second kappa shape index (κ2) is 7.09. The van der Waals surface area contributed by atoms with Gasteiger partial charge in [-0.15, -0.1) is 0 Å². The minimum atomic E-state index is -3.05. The van der Waals surface area contributed by atoms with E-state index in [-0.39, 0.29) is 23.0 Å². The molecule has 0 aromatic heterocycles. The van der Waals surface area contributed by atoms with Gasteiger partial charge in [0.2, 0.25) is 5.91 Å². The van der Waals surface area contributed by atoms with E-state index in [0.29, 0.717) is 25.4 Å². The Morgan fingerprint density at radius 2 is 1.95 bits per heavy atom. The third kappa shape index (κ3) is 3.97. The van der Waals surface area contributed by atoms with E-state index in [1.54, 1.807) is 4.90 Å². The van der Waals surface area contributed by atoms with Gasteiger partial charge in [-0.05, 0) is 38.6 Å². The molecular weight excluding hydrogens is 288 g/mol. The zero-order valence-corrected chi connectivity index (χ0v) is 14.0. The number of hydrogen-bond donors (Lipinski definition) is 1. The standard InChI is InChI=1S/C15H28N2O3S/c1-12-7-6-9-17(15(18)14(12)16-2)11-13-8-4-3-5-10-21(13,19)20/h12-14,16H,3-11H2,1-2H3. The average molecular weight is 316 g/mol. The van der Waals surface area contributed by atoms with E-state index in [1.807, 2.05) is 7.05 Å². The lowest BCUT2D eigenvalue weighted by atomic mass is 9.98. The Kier molecular flexibility index (Phi) is 5.66. The molecule has 1 N–H and O–H groups in total. The first kappa shape index (κ1) is 16.7. The minimum Gasteiger partial charge on any atom is -0.340 e. The number of rotatable bonds is 3. The highest BCUT2D eigenvalue weighted by Gasteiger charge is 2.35. The van der Waals surface area contributed by atoms with E-state index >= 15 is 0 Å². The zero-order valence-electron chi connectivity index (χ0n) is 13.2. The van der Waals surface area contributed by atoms with Gasteiger partial charge < -0.3 is 10.2 Å². The van der Waals surface area contributed by atoms with Crippen LogP contribution in [-0.4, -0.2) is 56.4 Å². The molecule has 0 aromatic rings. The number of nitrogens with zero attached hydrogens (tertiary/aromatic N) is 1. The van der Waals surface area contributed by atoms with Crippen molar-refractivity contribution in [2.75, 3.05) is 25.9 Å². The third-order valence-electron chi connectivity index (χ3n) is 4.93. The molecule has 2 saturated heterocycles. The predicted molar refractivity (Wildman–Crippen MR) is 83.9 cm³/mol. The maximum Gasteiger partial charge on any atom is 0.240 e. The maximum absolute atomic E-state index is 12.6. The Morgan fingerprint density at radius 3 is 2.67 bits per heavy atom. The number of carbonyl (C=O) groups is 1. The van der Waals surface area contributed by atoms with Crippen molar-refractivity contribution >= 4 is 15.7 Å². The molecule has 2 rings (SSSR count). The Hall–Kier alpha value is -0.620. The van der Waals surface area contributed by atoms with E-state index in [4.69, 9.17) is 0 Å². The second-order valence-corrected chi connectivity index (χ2v) is 8.91. The molecule has 5 nitrogen and oxygen atoms in total. The van der Waals surface area contributed by atoms with Crippen LogP contribution in [0.4, 0.5) is 0 Å². The van der Waals surface area contributed by atoms with E-state index in [0.717, 1.165) is 32.1 Å².